The average Bonchev–Trinajstić information content (AvgIpc) is 3.34. The lowest BCUT2D eigenvalue weighted by Gasteiger charge is -2.24. The molecule has 0 amide bonds. The molecule has 1 fully saturated rings. The van der Waals surface area contributed by atoms with Crippen molar-refractivity contribution in [3.63, 3.8) is 0 Å². The second-order valence-electron chi connectivity index (χ2n) is 6.78. The quantitative estimate of drug-likeness (QED) is 0.509. The predicted octanol–water partition coefficient (Wildman–Crippen LogP) is 2.10. The van der Waals surface area contributed by atoms with Crippen LogP contribution in [0.15, 0.2) is 29.3 Å². The molecule has 8 heteroatoms. The molecule has 1 aliphatic rings. The molecule has 0 aliphatic carbocycles. The fraction of sp³-hybridized carbons (Fsp3) is 0.526. The molecule has 1 saturated heterocycles. The van der Waals surface area contributed by atoms with Gasteiger partial charge in [-0.25, -0.2) is 9.98 Å². The fourth-order valence-electron chi connectivity index (χ4n) is 2.98. The molecule has 3 N–H and O–H groups in total. The molecule has 0 radical (unpaired) electrons. The number of nitrogens with zero attached hydrogens (tertiary/aromatic N) is 3. The Morgan fingerprint density at radius 3 is 2.81 bits per heavy atom. The number of hydrogen-bond acceptors (Lipinski definition) is 5. The summed E-state index contributed by atoms with van der Waals surface area (Å²) >= 11 is 0. The van der Waals surface area contributed by atoms with Crippen molar-refractivity contribution in [2.45, 2.75) is 38.8 Å². The van der Waals surface area contributed by atoms with Gasteiger partial charge in [0.1, 0.15) is 18.1 Å². The van der Waals surface area contributed by atoms with Gasteiger partial charge in [0.05, 0.1) is 12.7 Å². The summed E-state index contributed by atoms with van der Waals surface area (Å²) in [7, 11) is 1.65. The molecule has 8 nitrogen and oxygen atoms in total. The summed E-state index contributed by atoms with van der Waals surface area (Å²) < 4.78 is 11.0. The monoisotopic (exact) mass is 372 g/mol. The highest BCUT2D eigenvalue weighted by atomic mass is 16.5. The molecule has 1 aliphatic heterocycles. The highest BCUT2D eigenvalue weighted by Gasteiger charge is 2.29. The second kappa shape index (κ2) is 8.85. The zero-order chi connectivity index (χ0) is 19.1. The summed E-state index contributed by atoms with van der Waals surface area (Å²) in [5.74, 6) is 2.91. The van der Waals surface area contributed by atoms with E-state index in [0.29, 0.717) is 18.2 Å². The van der Waals surface area contributed by atoms with Gasteiger partial charge in [0.15, 0.2) is 11.8 Å². The Labute approximate surface area is 159 Å². The molecule has 2 heterocycles. The first kappa shape index (κ1) is 19.2. The Hall–Kier alpha value is -2.61. The van der Waals surface area contributed by atoms with Crippen molar-refractivity contribution in [3.05, 3.63) is 30.1 Å². The van der Waals surface area contributed by atoms with Crippen LogP contribution in [0.4, 0.5) is 0 Å². The van der Waals surface area contributed by atoms with E-state index in [0.717, 1.165) is 49.8 Å². The van der Waals surface area contributed by atoms with E-state index in [1.54, 1.807) is 7.11 Å². The van der Waals surface area contributed by atoms with Gasteiger partial charge in [-0.3, -0.25) is 5.10 Å². The van der Waals surface area contributed by atoms with E-state index in [1.807, 2.05) is 31.2 Å². The number of guanidine groups is 1. The van der Waals surface area contributed by atoms with Gasteiger partial charge < -0.3 is 20.1 Å². The SMILES string of the molecule is CCNC(=NCc1nc(-c2ccc(OC)cc2)n[nH]1)NCC1(C)CCCO1. The molecule has 1 unspecified atom stereocenters. The number of benzene rings is 1. The predicted molar refractivity (Wildman–Crippen MR) is 105 cm³/mol. The number of aromatic amines is 1. The number of ether oxygens (including phenoxy) is 2. The Morgan fingerprint density at radius 1 is 1.33 bits per heavy atom. The molecule has 1 aromatic carbocycles. The number of hydrogen-bond donors (Lipinski definition) is 3. The van der Waals surface area contributed by atoms with Gasteiger partial charge in [-0.05, 0) is 51.0 Å². The highest BCUT2D eigenvalue weighted by Crippen LogP contribution is 2.23. The first-order valence-corrected chi connectivity index (χ1v) is 9.34. The van der Waals surface area contributed by atoms with Crippen molar-refractivity contribution < 1.29 is 9.47 Å². The second-order valence-corrected chi connectivity index (χ2v) is 6.78. The minimum Gasteiger partial charge on any atom is -0.497 e. The lowest BCUT2D eigenvalue weighted by molar-refractivity contribution is 0.0243. The van der Waals surface area contributed by atoms with Crippen LogP contribution in [0, 0.1) is 0 Å². The zero-order valence-electron chi connectivity index (χ0n) is 16.2. The molecule has 1 atom stereocenters. The van der Waals surface area contributed by atoms with Crippen molar-refractivity contribution in [2.75, 3.05) is 26.8 Å². The number of H-pyrrole nitrogens is 1. The fourth-order valence-corrected chi connectivity index (χ4v) is 2.98. The standard InChI is InChI=1S/C19H28N6O2/c1-4-20-18(22-13-19(2)10-5-11-27-19)21-12-16-23-17(25-24-16)14-6-8-15(26-3)9-7-14/h6-9H,4-5,10-13H2,1-3H3,(H2,20,21,22)(H,23,24,25). The third kappa shape index (κ3) is 5.19. The molecule has 2 aromatic rings. The van der Waals surface area contributed by atoms with E-state index in [2.05, 4.69) is 37.7 Å². The zero-order valence-corrected chi connectivity index (χ0v) is 16.2. The van der Waals surface area contributed by atoms with Gasteiger partial charge in [0, 0.05) is 25.3 Å². The van der Waals surface area contributed by atoms with Crippen LogP contribution in [0.5, 0.6) is 5.75 Å². The third-order valence-electron chi connectivity index (χ3n) is 4.54. The molecule has 0 saturated carbocycles. The van der Waals surface area contributed by atoms with Crippen LogP contribution in [0.1, 0.15) is 32.5 Å². The Bertz CT molecular complexity index is 750. The van der Waals surface area contributed by atoms with Crippen molar-refractivity contribution in [1.82, 2.24) is 25.8 Å². The number of methoxy groups -OCH3 is 1. The van der Waals surface area contributed by atoms with Gasteiger partial charge in [-0.2, -0.15) is 5.10 Å². The summed E-state index contributed by atoms with van der Waals surface area (Å²) in [5, 5.41) is 13.8. The average molecular weight is 372 g/mol. The van der Waals surface area contributed by atoms with E-state index in [9.17, 15) is 0 Å². The van der Waals surface area contributed by atoms with Crippen molar-refractivity contribution in [2.24, 2.45) is 4.99 Å². The molecular weight excluding hydrogens is 344 g/mol. The molecule has 1 aromatic heterocycles. The number of rotatable bonds is 7. The minimum atomic E-state index is -0.121. The minimum absolute atomic E-state index is 0.121. The number of nitrogens with one attached hydrogen (secondary N) is 3. The summed E-state index contributed by atoms with van der Waals surface area (Å²) in [6, 6.07) is 7.65. The lowest BCUT2D eigenvalue weighted by Crippen LogP contribution is -2.45. The Balaban J connectivity index is 1.61. The largest absolute Gasteiger partial charge is 0.497 e. The third-order valence-corrected chi connectivity index (χ3v) is 4.54. The van der Waals surface area contributed by atoms with E-state index in [4.69, 9.17) is 9.47 Å². The number of aliphatic imine (C=N–C) groups is 1. The van der Waals surface area contributed by atoms with Crippen molar-refractivity contribution in [1.29, 1.82) is 0 Å². The van der Waals surface area contributed by atoms with Crippen molar-refractivity contribution >= 4 is 5.96 Å². The molecule has 3 rings (SSSR count). The van der Waals surface area contributed by atoms with E-state index < -0.39 is 0 Å². The molecule has 0 spiro atoms. The lowest BCUT2D eigenvalue weighted by atomic mass is 10.0. The van der Waals surface area contributed by atoms with Gasteiger partial charge in [-0.15, -0.1) is 0 Å². The molecule has 0 bridgehead atoms. The van der Waals surface area contributed by atoms with Crippen LogP contribution in [0.3, 0.4) is 0 Å². The van der Waals surface area contributed by atoms with Crippen LogP contribution in [0.2, 0.25) is 0 Å². The maximum Gasteiger partial charge on any atom is 0.191 e. The summed E-state index contributed by atoms with van der Waals surface area (Å²) in [4.78, 5) is 9.12. The first-order chi connectivity index (χ1) is 13.1. The highest BCUT2D eigenvalue weighted by molar-refractivity contribution is 5.79. The van der Waals surface area contributed by atoms with E-state index in [-0.39, 0.29) is 5.60 Å². The first-order valence-electron chi connectivity index (χ1n) is 9.34. The van der Waals surface area contributed by atoms with E-state index >= 15 is 0 Å². The van der Waals surface area contributed by atoms with Gasteiger partial charge >= 0.3 is 0 Å². The van der Waals surface area contributed by atoms with Crippen LogP contribution in [0.25, 0.3) is 11.4 Å². The van der Waals surface area contributed by atoms with Crippen LogP contribution in [-0.4, -0.2) is 53.5 Å². The molecular formula is C19H28N6O2. The van der Waals surface area contributed by atoms with Crippen molar-refractivity contribution in [3.8, 4) is 17.1 Å². The maximum atomic E-state index is 5.82. The van der Waals surface area contributed by atoms with Crippen LogP contribution in [-0.2, 0) is 11.3 Å². The Morgan fingerprint density at radius 2 is 2.15 bits per heavy atom. The van der Waals surface area contributed by atoms with Crippen LogP contribution >= 0.6 is 0 Å². The van der Waals surface area contributed by atoms with Gasteiger partial charge in [-0.1, -0.05) is 0 Å². The molecule has 146 valence electrons. The summed E-state index contributed by atoms with van der Waals surface area (Å²) in [5.41, 5.74) is 0.808. The van der Waals surface area contributed by atoms with E-state index in [1.165, 1.54) is 0 Å². The summed E-state index contributed by atoms with van der Waals surface area (Å²) in [6.07, 6.45) is 2.17. The van der Waals surface area contributed by atoms with Gasteiger partial charge in [0.25, 0.3) is 0 Å². The topological polar surface area (TPSA) is 96.5 Å². The smallest absolute Gasteiger partial charge is 0.191 e. The molecule has 27 heavy (non-hydrogen) atoms. The summed E-state index contributed by atoms with van der Waals surface area (Å²) in [6.45, 7) is 6.94. The normalized spacial score (nSPS) is 19.9. The Kier molecular flexibility index (Phi) is 6.28. The van der Waals surface area contributed by atoms with Crippen LogP contribution < -0.4 is 15.4 Å². The van der Waals surface area contributed by atoms with Gasteiger partial charge in [0.2, 0.25) is 0 Å². The number of aromatic nitrogens is 3. The maximum absolute atomic E-state index is 5.82.